The maximum Gasteiger partial charge on any atom is 0.432 e. The number of aryl methyl sites for hydroxylation is 2. The summed E-state index contributed by atoms with van der Waals surface area (Å²) in [5.41, 5.74) is -1.52. The molecule has 11 heteroatoms. The molecule has 0 heterocycles. The molecule has 5 rings (SSSR count). The summed E-state index contributed by atoms with van der Waals surface area (Å²) in [6, 6.07) is 12.4. The first-order chi connectivity index (χ1) is 21.6. The summed E-state index contributed by atoms with van der Waals surface area (Å²) in [5.74, 6) is -5.74. The molecule has 0 spiro atoms. The molecular formula is C35H19F9OS. The fraction of sp³-hybridized carbons (Fsp3) is 0.0857. The Morgan fingerprint density at radius 2 is 1.13 bits per heavy atom. The van der Waals surface area contributed by atoms with Crippen molar-refractivity contribution in [2.24, 2.45) is 0 Å². The van der Waals surface area contributed by atoms with Crippen molar-refractivity contribution < 1.29 is 44.3 Å². The Morgan fingerprint density at radius 1 is 0.587 bits per heavy atom. The molecule has 0 saturated carbocycles. The van der Waals surface area contributed by atoms with E-state index in [1.807, 2.05) is 0 Å². The molecule has 0 aliphatic rings. The molecule has 0 bridgehead atoms. The van der Waals surface area contributed by atoms with Gasteiger partial charge in [-0.25, -0.2) is 30.7 Å². The van der Waals surface area contributed by atoms with Crippen molar-refractivity contribution in [1.82, 2.24) is 0 Å². The van der Waals surface area contributed by atoms with E-state index < -0.39 is 68.6 Å². The second kappa shape index (κ2) is 12.5. The Labute approximate surface area is 262 Å². The quantitative estimate of drug-likeness (QED) is 0.112. The van der Waals surface area contributed by atoms with E-state index in [1.54, 1.807) is 31.2 Å². The highest BCUT2D eigenvalue weighted by Crippen LogP contribution is 2.38. The van der Waals surface area contributed by atoms with Gasteiger partial charge in [0.25, 0.3) is 0 Å². The van der Waals surface area contributed by atoms with Crippen molar-refractivity contribution in [1.29, 1.82) is 0 Å². The van der Waals surface area contributed by atoms with E-state index in [1.165, 1.54) is 13.0 Å². The summed E-state index contributed by atoms with van der Waals surface area (Å²) >= 11 is 3.68. The standard InChI is InChI=1S/C35H19F9OS/c1-17-3-5-19(6-4-17)21-11-29(39)33(30(40)12-21)35(43,44)45-23-15-27(37)24(28(38)16-23)8-7-20-10-26(36)25(9-18(20)2)22-13-31(41)34(46)32(42)14-22/h3-6,9-16,46H,1-2H3. The SMILES string of the molecule is Cc1ccc(-c2cc(F)c(C(F)(F)Oc3cc(F)c(C#Cc4cc(F)c(-c5cc(F)c(S)c(F)c5)cc4C)c(F)c3)c(F)c2)cc1. The lowest BCUT2D eigenvalue weighted by Crippen LogP contribution is -2.25. The van der Waals surface area contributed by atoms with Gasteiger partial charge in [0.05, 0.1) is 10.5 Å². The molecule has 0 aliphatic heterocycles. The van der Waals surface area contributed by atoms with Crippen LogP contribution in [0, 0.1) is 66.4 Å². The first kappa shape index (κ1) is 32.6. The second-order valence-electron chi connectivity index (χ2n) is 10.2. The summed E-state index contributed by atoms with van der Waals surface area (Å²) in [6.45, 7) is 3.25. The van der Waals surface area contributed by atoms with Crippen LogP contribution >= 0.6 is 12.6 Å². The number of rotatable bonds is 5. The average molecular weight is 659 g/mol. The monoisotopic (exact) mass is 658 g/mol. The lowest BCUT2D eigenvalue weighted by atomic mass is 9.98. The largest absolute Gasteiger partial charge is 0.432 e. The molecule has 0 saturated heterocycles. The van der Waals surface area contributed by atoms with Gasteiger partial charge in [0.2, 0.25) is 0 Å². The summed E-state index contributed by atoms with van der Waals surface area (Å²) in [4.78, 5) is -0.542. The minimum Gasteiger partial charge on any atom is -0.429 e. The van der Waals surface area contributed by atoms with Crippen molar-refractivity contribution in [3.63, 3.8) is 0 Å². The third kappa shape index (κ3) is 6.58. The van der Waals surface area contributed by atoms with Gasteiger partial charge in [-0.2, -0.15) is 8.78 Å². The van der Waals surface area contributed by atoms with Gasteiger partial charge in [0.15, 0.2) is 0 Å². The predicted octanol–water partition coefficient (Wildman–Crippen LogP) is 10.4. The fourth-order valence-corrected chi connectivity index (χ4v) is 4.71. The van der Waals surface area contributed by atoms with E-state index in [0.717, 1.165) is 23.8 Å². The van der Waals surface area contributed by atoms with Gasteiger partial charge in [0, 0.05) is 23.3 Å². The topological polar surface area (TPSA) is 9.23 Å². The van der Waals surface area contributed by atoms with Crippen LogP contribution in [0.5, 0.6) is 5.75 Å². The van der Waals surface area contributed by atoms with Crippen molar-refractivity contribution in [2.45, 2.75) is 24.9 Å². The maximum absolute atomic E-state index is 14.9. The molecule has 46 heavy (non-hydrogen) atoms. The summed E-state index contributed by atoms with van der Waals surface area (Å²) in [7, 11) is 0. The van der Waals surface area contributed by atoms with Gasteiger partial charge < -0.3 is 4.74 Å². The maximum atomic E-state index is 14.9. The van der Waals surface area contributed by atoms with E-state index in [9.17, 15) is 39.5 Å². The summed E-state index contributed by atoms with van der Waals surface area (Å²) < 4.78 is 136. The third-order valence-corrected chi connectivity index (χ3v) is 7.37. The van der Waals surface area contributed by atoms with Gasteiger partial charge in [0.1, 0.15) is 52.0 Å². The zero-order valence-corrected chi connectivity index (χ0v) is 24.6. The highest BCUT2D eigenvalue weighted by atomic mass is 32.1. The molecule has 1 nitrogen and oxygen atoms in total. The Morgan fingerprint density at radius 3 is 1.70 bits per heavy atom. The van der Waals surface area contributed by atoms with Crippen LogP contribution < -0.4 is 4.74 Å². The Balaban J connectivity index is 1.41. The number of hydrogen-bond acceptors (Lipinski definition) is 2. The van der Waals surface area contributed by atoms with Gasteiger partial charge in [-0.15, -0.1) is 12.6 Å². The molecule has 0 fully saturated rings. The van der Waals surface area contributed by atoms with E-state index >= 15 is 0 Å². The van der Waals surface area contributed by atoms with Gasteiger partial charge in [-0.1, -0.05) is 41.7 Å². The van der Waals surface area contributed by atoms with Crippen LogP contribution in [0.1, 0.15) is 27.8 Å². The first-order valence-corrected chi connectivity index (χ1v) is 13.7. The molecule has 0 radical (unpaired) electrons. The van der Waals surface area contributed by atoms with Crippen LogP contribution in [-0.4, -0.2) is 0 Å². The van der Waals surface area contributed by atoms with E-state index in [0.29, 0.717) is 29.8 Å². The summed E-state index contributed by atoms with van der Waals surface area (Å²) in [5, 5.41) is 0. The fourth-order valence-electron chi connectivity index (χ4n) is 4.58. The minimum atomic E-state index is -4.68. The molecule has 0 unspecified atom stereocenters. The minimum absolute atomic E-state index is 0.0192. The Bertz CT molecular complexity index is 1990. The van der Waals surface area contributed by atoms with Crippen LogP contribution in [0.25, 0.3) is 22.3 Å². The molecule has 5 aromatic carbocycles. The van der Waals surface area contributed by atoms with Gasteiger partial charge in [-0.3, -0.25) is 0 Å². The third-order valence-electron chi connectivity index (χ3n) is 6.94. The van der Waals surface area contributed by atoms with Crippen LogP contribution in [0.2, 0.25) is 0 Å². The normalized spacial score (nSPS) is 11.3. The molecule has 0 amide bonds. The van der Waals surface area contributed by atoms with Gasteiger partial charge in [-0.05, 0) is 72.5 Å². The number of hydrogen-bond donors (Lipinski definition) is 1. The molecule has 234 valence electrons. The molecular weight excluding hydrogens is 639 g/mol. The zero-order chi connectivity index (χ0) is 33.5. The van der Waals surface area contributed by atoms with Gasteiger partial charge >= 0.3 is 6.11 Å². The molecule has 0 N–H and O–H groups in total. The highest BCUT2D eigenvalue weighted by Gasteiger charge is 2.41. The lowest BCUT2D eigenvalue weighted by Gasteiger charge is -2.20. The molecule has 0 atom stereocenters. The zero-order valence-electron chi connectivity index (χ0n) is 23.7. The predicted molar refractivity (Wildman–Crippen MR) is 157 cm³/mol. The number of thiol groups is 1. The molecule has 0 aromatic heterocycles. The second-order valence-corrected chi connectivity index (χ2v) is 10.7. The number of alkyl halides is 2. The van der Waals surface area contributed by atoms with Crippen molar-refractivity contribution >= 4 is 12.6 Å². The van der Waals surface area contributed by atoms with E-state index in [-0.39, 0.29) is 27.8 Å². The Kier molecular flexibility index (Phi) is 8.87. The van der Waals surface area contributed by atoms with Crippen LogP contribution in [0.4, 0.5) is 39.5 Å². The first-order valence-electron chi connectivity index (χ1n) is 13.3. The van der Waals surface area contributed by atoms with Crippen LogP contribution in [0.3, 0.4) is 0 Å². The Hall–Kier alpha value is -4.82. The lowest BCUT2D eigenvalue weighted by molar-refractivity contribution is -0.189. The summed E-state index contributed by atoms with van der Waals surface area (Å²) in [6.07, 6.45) is -4.68. The van der Waals surface area contributed by atoms with Crippen LogP contribution in [0.15, 0.2) is 77.7 Å². The number of halogens is 9. The van der Waals surface area contributed by atoms with Crippen molar-refractivity contribution in [3.8, 4) is 39.8 Å². The highest BCUT2D eigenvalue weighted by molar-refractivity contribution is 7.80. The van der Waals surface area contributed by atoms with Crippen molar-refractivity contribution in [2.75, 3.05) is 0 Å². The van der Waals surface area contributed by atoms with Crippen LogP contribution in [-0.2, 0) is 6.11 Å². The van der Waals surface area contributed by atoms with Crippen molar-refractivity contribution in [3.05, 3.63) is 141 Å². The number of ether oxygens (including phenoxy) is 1. The average Bonchev–Trinajstić information content (AvgIpc) is 2.96. The molecule has 5 aromatic rings. The van der Waals surface area contributed by atoms with E-state index in [4.69, 9.17) is 0 Å². The number of benzene rings is 5. The smallest absolute Gasteiger partial charge is 0.429 e. The molecule has 0 aliphatic carbocycles. The van der Waals surface area contributed by atoms with E-state index in [2.05, 4.69) is 29.2 Å².